The molecular formula is C25H26Cl2N4O2. The molecule has 1 aliphatic heterocycles. The summed E-state index contributed by atoms with van der Waals surface area (Å²) < 4.78 is 5.88. The van der Waals surface area contributed by atoms with E-state index in [0.717, 1.165) is 43.9 Å². The first kappa shape index (κ1) is 23.4. The highest BCUT2D eigenvalue weighted by Gasteiger charge is 2.21. The van der Waals surface area contributed by atoms with Gasteiger partial charge < -0.3 is 20.3 Å². The van der Waals surface area contributed by atoms with Crippen LogP contribution in [0.3, 0.4) is 0 Å². The van der Waals surface area contributed by atoms with Crippen LogP contribution in [0.1, 0.15) is 22.8 Å². The van der Waals surface area contributed by atoms with Gasteiger partial charge in [-0.1, -0.05) is 48.3 Å². The van der Waals surface area contributed by atoms with Crippen molar-refractivity contribution >= 4 is 34.9 Å². The quantitative estimate of drug-likeness (QED) is 0.533. The summed E-state index contributed by atoms with van der Waals surface area (Å²) in [5, 5.41) is 1.06. The molecule has 0 aliphatic carbocycles. The first-order valence-electron chi connectivity index (χ1n) is 10.9. The molecule has 8 heteroatoms. The molecule has 2 N–H and O–H groups in total. The molecule has 1 fully saturated rings. The van der Waals surface area contributed by atoms with Crippen LogP contribution in [0.25, 0.3) is 11.1 Å². The number of likely N-dealkylation sites (N-methyl/N-ethyl adjacent to an activating group) is 1. The van der Waals surface area contributed by atoms with Crippen molar-refractivity contribution in [2.24, 2.45) is 0 Å². The van der Waals surface area contributed by atoms with Crippen LogP contribution in [-0.4, -0.2) is 53.4 Å². The van der Waals surface area contributed by atoms with Crippen molar-refractivity contribution in [3.05, 3.63) is 75.9 Å². The van der Waals surface area contributed by atoms with E-state index in [1.165, 1.54) is 0 Å². The van der Waals surface area contributed by atoms with Gasteiger partial charge in [0.25, 0.3) is 5.91 Å². The van der Waals surface area contributed by atoms with Crippen molar-refractivity contribution in [3.63, 3.8) is 0 Å². The zero-order valence-corrected chi connectivity index (χ0v) is 19.9. The Hall–Kier alpha value is -2.80. The Bertz CT molecular complexity index is 1110. The molecule has 33 heavy (non-hydrogen) atoms. The number of ether oxygens (including phenoxy) is 1. The summed E-state index contributed by atoms with van der Waals surface area (Å²) in [6.45, 7) is 6.68. The monoisotopic (exact) mass is 484 g/mol. The van der Waals surface area contributed by atoms with Gasteiger partial charge in [-0.3, -0.25) is 4.79 Å². The Morgan fingerprint density at radius 2 is 1.70 bits per heavy atom. The second-order valence-electron chi connectivity index (χ2n) is 7.90. The number of aromatic nitrogens is 1. The number of carbonyl (C=O) groups is 1. The number of carbonyl (C=O) groups excluding carboxylic acids is 1. The molecule has 0 unspecified atom stereocenters. The molecule has 3 aromatic rings. The fourth-order valence-electron chi connectivity index (χ4n) is 3.80. The highest BCUT2D eigenvalue weighted by atomic mass is 35.5. The van der Waals surface area contributed by atoms with E-state index in [-0.39, 0.29) is 18.3 Å². The van der Waals surface area contributed by atoms with Crippen LogP contribution in [0.5, 0.6) is 5.75 Å². The predicted octanol–water partition coefficient (Wildman–Crippen LogP) is 4.99. The third-order valence-electron chi connectivity index (χ3n) is 5.89. The zero-order valence-electron chi connectivity index (χ0n) is 18.4. The van der Waals surface area contributed by atoms with Crippen LogP contribution in [0.2, 0.25) is 10.0 Å². The number of pyridine rings is 1. The van der Waals surface area contributed by atoms with Gasteiger partial charge in [0.2, 0.25) is 0 Å². The fraction of sp³-hybridized carbons (Fsp3) is 0.280. The molecule has 0 saturated carbocycles. The van der Waals surface area contributed by atoms with Gasteiger partial charge in [0, 0.05) is 59.1 Å². The average Bonchev–Trinajstić information content (AvgIpc) is 2.84. The van der Waals surface area contributed by atoms with Crippen LogP contribution >= 0.6 is 23.2 Å². The Kier molecular flexibility index (Phi) is 7.38. The maximum atomic E-state index is 12.9. The lowest BCUT2D eigenvalue weighted by atomic mass is 10.0. The lowest BCUT2D eigenvalue weighted by molar-refractivity contribution is 0.0643. The fourth-order valence-corrected chi connectivity index (χ4v) is 4.31. The first-order chi connectivity index (χ1) is 16.0. The van der Waals surface area contributed by atoms with Crippen LogP contribution in [0.15, 0.2) is 54.7 Å². The highest BCUT2D eigenvalue weighted by molar-refractivity contribution is 6.35. The van der Waals surface area contributed by atoms with Crippen molar-refractivity contribution in [2.75, 3.05) is 38.5 Å². The van der Waals surface area contributed by atoms with Crippen LogP contribution in [0, 0.1) is 0 Å². The average molecular weight is 485 g/mol. The number of piperazine rings is 1. The van der Waals surface area contributed by atoms with Gasteiger partial charge in [-0.05, 0) is 42.4 Å². The van der Waals surface area contributed by atoms with Gasteiger partial charge in [-0.25, -0.2) is 4.98 Å². The summed E-state index contributed by atoms with van der Waals surface area (Å²) in [6, 6.07) is 14.7. The van der Waals surface area contributed by atoms with E-state index in [4.69, 9.17) is 33.7 Å². The van der Waals surface area contributed by atoms with E-state index >= 15 is 0 Å². The molecule has 172 valence electrons. The zero-order chi connectivity index (χ0) is 23.4. The summed E-state index contributed by atoms with van der Waals surface area (Å²) in [4.78, 5) is 21.4. The normalized spacial score (nSPS) is 14.3. The Balaban J connectivity index is 1.46. The molecule has 1 aromatic heterocycles. The summed E-state index contributed by atoms with van der Waals surface area (Å²) >= 11 is 12.5. The minimum absolute atomic E-state index is 0.0633. The third-order valence-corrected chi connectivity index (χ3v) is 6.60. The standard InChI is InChI=1S/C25H26Cl2N4O2/c1-2-30-10-12-31(13-11-30)25(32)18-8-6-17(7-9-18)19-14-23(24(28)29-15-19)33-16-20-21(26)4-3-5-22(20)27/h3-9,14-15H,2,10-13,16H2,1H3,(H2,28,29). The number of benzene rings is 2. The molecule has 1 saturated heterocycles. The van der Waals surface area contributed by atoms with Crippen molar-refractivity contribution < 1.29 is 9.53 Å². The van der Waals surface area contributed by atoms with Crippen molar-refractivity contribution in [2.45, 2.75) is 13.5 Å². The van der Waals surface area contributed by atoms with Gasteiger partial charge in [-0.15, -0.1) is 0 Å². The minimum Gasteiger partial charge on any atom is -0.485 e. The summed E-state index contributed by atoms with van der Waals surface area (Å²) in [6.07, 6.45) is 1.69. The maximum Gasteiger partial charge on any atom is 0.253 e. The molecule has 2 heterocycles. The van der Waals surface area contributed by atoms with Crippen molar-refractivity contribution in [3.8, 4) is 16.9 Å². The largest absolute Gasteiger partial charge is 0.485 e. The lowest BCUT2D eigenvalue weighted by Crippen LogP contribution is -2.48. The Morgan fingerprint density at radius 1 is 1.03 bits per heavy atom. The van der Waals surface area contributed by atoms with Crippen molar-refractivity contribution in [1.29, 1.82) is 0 Å². The first-order valence-corrected chi connectivity index (χ1v) is 11.6. The van der Waals surface area contributed by atoms with Gasteiger partial charge in [0.1, 0.15) is 6.61 Å². The van der Waals surface area contributed by atoms with Crippen LogP contribution in [-0.2, 0) is 6.61 Å². The number of nitrogens with two attached hydrogens (primary N) is 1. The summed E-state index contributed by atoms with van der Waals surface area (Å²) in [7, 11) is 0. The van der Waals surface area contributed by atoms with Gasteiger partial charge in [-0.2, -0.15) is 0 Å². The van der Waals surface area contributed by atoms with Gasteiger partial charge in [0.15, 0.2) is 11.6 Å². The number of rotatable bonds is 6. The third kappa shape index (κ3) is 5.41. The lowest BCUT2D eigenvalue weighted by Gasteiger charge is -2.34. The van der Waals surface area contributed by atoms with E-state index in [1.54, 1.807) is 24.4 Å². The van der Waals surface area contributed by atoms with Crippen LogP contribution in [0.4, 0.5) is 5.82 Å². The molecular weight excluding hydrogens is 459 g/mol. The second-order valence-corrected chi connectivity index (χ2v) is 8.71. The number of nitrogen functional groups attached to an aromatic ring is 1. The number of anilines is 1. The second kappa shape index (κ2) is 10.4. The maximum absolute atomic E-state index is 12.9. The smallest absolute Gasteiger partial charge is 0.253 e. The minimum atomic E-state index is 0.0633. The SMILES string of the molecule is CCN1CCN(C(=O)c2ccc(-c3cnc(N)c(OCc4c(Cl)cccc4Cl)c3)cc2)CC1. The molecule has 0 radical (unpaired) electrons. The topological polar surface area (TPSA) is 71.7 Å². The van der Waals surface area contributed by atoms with Gasteiger partial charge >= 0.3 is 0 Å². The number of halogens is 2. The predicted molar refractivity (Wildman–Crippen MR) is 133 cm³/mol. The summed E-state index contributed by atoms with van der Waals surface area (Å²) in [5.41, 5.74) is 9.13. The molecule has 0 bridgehead atoms. The van der Waals surface area contributed by atoms with E-state index in [0.29, 0.717) is 26.9 Å². The number of nitrogens with zero attached hydrogens (tertiary/aromatic N) is 3. The van der Waals surface area contributed by atoms with Crippen molar-refractivity contribution in [1.82, 2.24) is 14.8 Å². The Morgan fingerprint density at radius 3 is 2.33 bits per heavy atom. The van der Waals surface area contributed by atoms with E-state index < -0.39 is 0 Å². The molecule has 4 rings (SSSR count). The molecule has 1 aliphatic rings. The molecule has 6 nitrogen and oxygen atoms in total. The summed E-state index contributed by atoms with van der Waals surface area (Å²) in [5.74, 6) is 0.783. The van der Waals surface area contributed by atoms with E-state index in [2.05, 4.69) is 16.8 Å². The molecule has 0 atom stereocenters. The Labute approximate surface area is 203 Å². The number of hydrogen-bond donors (Lipinski definition) is 1. The number of hydrogen-bond acceptors (Lipinski definition) is 5. The molecule has 0 spiro atoms. The van der Waals surface area contributed by atoms with Crippen LogP contribution < -0.4 is 10.5 Å². The molecule has 1 amide bonds. The van der Waals surface area contributed by atoms with Gasteiger partial charge in [0.05, 0.1) is 0 Å². The molecule has 2 aromatic carbocycles. The van der Waals surface area contributed by atoms with E-state index in [9.17, 15) is 4.79 Å². The highest BCUT2D eigenvalue weighted by Crippen LogP contribution is 2.30. The number of amides is 1. The van der Waals surface area contributed by atoms with E-state index in [1.807, 2.05) is 35.2 Å².